The van der Waals surface area contributed by atoms with Crippen molar-refractivity contribution in [3.05, 3.63) is 65.9 Å². The highest BCUT2D eigenvalue weighted by Crippen LogP contribution is 2.38. The van der Waals surface area contributed by atoms with Crippen LogP contribution < -0.4 is 5.32 Å². The van der Waals surface area contributed by atoms with Crippen LogP contribution >= 0.6 is 0 Å². The van der Waals surface area contributed by atoms with Crippen LogP contribution in [-0.4, -0.2) is 13.2 Å². The molecule has 0 aromatic heterocycles. The molecule has 1 aliphatic carbocycles. The molecule has 2 aliphatic rings. The van der Waals surface area contributed by atoms with Crippen LogP contribution in [0.25, 0.3) is 5.57 Å². The van der Waals surface area contributed by atoms with Gasteiger partial charge in [-0.05, 0) is 79.1 Å². The zero-order chi connectivity index (χ0) is 17.8. The molecule has 1 radical (unpaired) electrons. The first-order valence-corrected chi connectivity index (χ1v) is 9.82. The SMILES string of the molecule is C=C(CC)NC1[B]Cc2c(cccc2C(=C)CCCC(=C)C2CC2)C1. The molecule has 1 aliphatic heterocycles. The van der Waals surface area contributed by atoms with Crippen molar-refractivity contribution in [2.24, 2.45) is 5.92 Å². The summed E-state index contributed by atoms with van der Waals surface area (Å²) in [6.45, 7) is 14.9. The number of fused-ring (bicyclic) bond motifs is 1. The fourth-order valence-electron chi connectivity index (χ4n) is 3.81. The molecule has 1 nitrogen and oxygen atoms in total. The van der Waals surface area contributed by atoms with Gasteiger partial charge in [0.1, 0.15) is 7.28 Å². The molecule has 0 bridgehead atoms. The van der Waals surface area contributed by atoms with Gasteiger partial charge in [0.25, 0.3) is 0 Å². The zero-order valence-electron chi connectivity index (χ0n) is 15.7. The molecule has 1 fully saturated rings. The highest BCUT2D eigenvalue weighted by molar-refractivity contribution is 6.38. The Labute approximate surface area is 154 Å². The molecule has 1 saturated carbocycles. The fraction of sp³-hybridized carbons (Fsp3) is 0.478. The molecule has 1 aromatic carbocycles. The van der Waals surface area contributed by atoms with Crippen molar-refractivity contribution in [2.75, 3.05) is 0 Å². The van der Waals surface area contributed by atoms with E-state index in [0.29, 0.717) is 5.94 Å². The van der Waals surface area contributed by atoms with Crippen molar-refractivity contribution < 1.29 is 0 Å². The van der Waals surface area contributed by atoms with Crippen LogP contribution in [0.3, 0.4) is 0 Å². The van der Waals surface area contributed by atoms with E-state index in [-0.39, 0.29) is 0 Å². The molecule has 131 valence electrons. The lowest BCUT2D eigenvalue weighted by atomic mass is 9.57. The molecule has 1 N–H and O–H groups in total. The lowest BCUT2D eigenvalue weighted by Crippen LogP contribution is -2.40. The van der Waals surface area contributed by atoms with Gasteiger partial charge in [0.2, 0.25) is 0 Å². The van der Waals surface area contributed by atoms with E-state index >= 15 is 0 Å². The van der Waals surface area contributed by atoms with Crippen molar-refractivity contribution in [1.29, 1.82) is 0 Å². The van der Waals surface area contributed by atoms with E-state index in [2.05, 4.69) is 57.5 Å². The van der Waals surface area contributed by atoms with Gasteiger partial charge in [-0.15, -0.1) is 0 Å². The average Bonchev–Trinajstić information content (AvgIpc) is 3.45. The van der Waals surface area contributed by atoms with Crippen LogP contribution in [0, 0.1) is 5.92 Å². The molecule has 1 aromatic rings. The smallest absolute Gasteiger partial charge is 0.146 e. The van der Waals surface area contributed by atoms with E-state index in [1.165, 1.54) is 47.1 Å². The standard InChI is InChI=1S/C23H31BN/c1-5-18(4)25-23-14-20-10-7-11-21(22(20)15-24-23)17(3)9-6-8-16(2)19-12-13-19/h7,10-11,19,23,25H,2-6,8-9,12-15H2,1H3. The van der Waals surface area contributed by atoms with Crippen LogP contribution in [0.1, 0.15) is 62.1 Å². The highest BCUT2D eigenvalue weighted by Gasteiger charge is 2.24. The largest absolute Gasteiger partial charge is 0.394 e. The van der Waals surface area contributed by atoms with Crippen LogP contribution in [0.2, 0.25) is 0 Å². The van der Waals surface area contributed by atoms with Crippen molar-refractivity contribution in [3.8, 4) is 0 Å². The highest BCUT2D eigenvalue weighted by atomic mass is 14.9. The molecule has 0 saturated heterocycles. The Balaban J connectivity index is 1.59. The maximum atomic E-state index is 4.40. The van der Waals surface area contributed by atoms with Gasteiger partial charge in [-0.3, -0.25) is 0 Å². The minimum Gasteiger partial charge on any atom is -0.394 e. The maximum Gasteiger partial charge on any atom is 0.146 e. The van der Waals surface area contributed by atoms with Crippen LogP contribution in [-0.2, 0) is 12.7 Å². The molecule has 0 spiro atoms. The van der Waals surface area contributed by atoms with E-state index < -0.39 is 0 Å². The third kappa shape index (κ3) is 4.68. The molecule has 1 unspecified atom stereocenters. The van der Waals surface area contributed by atoms with Crippen LogP contribution in [0.15, 0.2) is 49.2 Å². The Bertz CT molecular complexity index is 669. The molecule has 0 amide bonds. The predicted octanol–water partition coefficient (Wildman–Crippen LogP) is 5.44. The number of allylic oxidation sites excluding steroid dienone is 3. The second-order valence-corrected chi connectivity index (χ2v) is 7.68. The Hall–Kier alpha value is -1.70. The maximum absolute atomic E-state index is 4.40. The summed E-state index contributed by atoms with van der Waals surface area (Å²) in [7, 11) is 2.40. The summed E-state index contributed by atoms with van der Waals surface area (Å²) in [6, 6.07) is 6.72. The van der Waals surface area contributed by atoms with Crippen LogP contribution in [0.5, 0.6) is 0 Å². The topological polar surface area (TPSA) is 12.0 Å². The van der Waals surface area contributed by atoms with Gasteiger partial charge in [0.15, 0.2) is 0 Å². The minimum absolute atomic E-state index is 0.408. The van der Waals surface area contributed by atoms with Crippen molar-refractivity contribution in [3.63, 3.8) is 0 Å². The molecular formula is C23H31BN. The predicted molar refractivity (Wildman–Crippen MR) is 111 cm³/mol. The number of hydrogen-bond acceptors (Lipinski definition) is 1. The quantitative estimate of drug-likeness (QED) is 0.469. The summed E-state index contributed by atoms with van der Waals surface area (Å²) in [5, 5.41) is 3.54. The third-order valence-corrected chi connectivity index (χ3v) is 5.65. The Morgan fingerprint density at radius 1 is 1.20 bits per heavy atom. The fourth-order valence-corrected chi connectivity index (χ4v) is 3.81. The molecule has 3 rings (SSSR count). The average molecular weight is 332 g/mol. The van der Waals surface area contributed by atoms with Gasteiger partial charge >= 0.3 is 0 Å². The van der Waals surface area contributed by atoms with E-state index in [9.17, 15) is 0 Å². The second-order valence-electron chi connectivity index (χ2n) is 7.68. The lowest BCUT2D eigenvalue weighted by Gasteiger charge is -2.28. The summed E-state index contributed by atoms with van der Waals surface area (Å²) in [5.41, 5.74) is 8.19. The monoisotopic (exact) mass is 332 g/mol. The Kier molecular flexibility index (Phi) is 5.88. The van der Waals surface area contributed by atoms with Crippen molar-refractivity contribution in [1.82, 2.24) is 5.32 Å². The van der Waals surface area contributed by atoms with Gasteiger partial charge in [-0.2, -0.15) is 0 Å². The third-order valence-electron chi connectivity index (χ3n) is 5.65. The summed E-state index contributed by atoms with van der Waals surface area (Å²) in [5.74, 6) is 1.24. The number of benzene rings is 1. The van der Waals surface area contributed by atoms with E-state index in [1.807, 2.05) is 0 Å². The van der Waals surface area contributed by atoms with E-state index in [1.54, 1.807) is 0 Å². The van der Waals surface area contributed by atoms with Gasteiger partial charge in [-0.25, -0.2) is 0 Å². The summed E-state index contributed by atoms with van der Waals surface area (Å²) < 4.78 is 0. The van der Waals surface area contributed by atoms with Gasteiger partial charge in [-0.1, -0.05) is 56.8 Å². The molecular weight excluding hydrogens is 301 g/mol. The number of hydrogen-bond donors (Lipinski definition) is 1. The number of rotatable bonds is 9. The lowest BCUT2D eigenvalue weighted by molar-refractivity contribution is 0.681. The number of nitrogens with one attached hydrogen (secondary N) is 1. The Morgan fingerprint density at radius 3 is 2.72 bits per heavy atom. The zero-order valence-corrected chi connectivity index (χ0v) is 15.7. The first-order chi connectivity index (χ1) is 12.1. The Morgan fingerprint density at radius 2 is 2.00 bits per heavy atom. The normalized spacial score (nSPS) is 18.8. The van der Waals surface area contributed by atoms with Crippen molar-refractivity contribution in [2.45, 2.75) is 64.1 Å². The summed E-state index contributed by atoms with van der Waals surface area (Å²) >= 11 is 0. The first kappa shape index (κ1) is 18.1. The summed E-state index contributed by atoms with van der Waals surface area (Å²) in [6.07, 6.45) is 9.21. The van der Waals surface area contributed by atoms with Gasteiger partial charge < -0.3 is 5.32 Å². The van der Waals surface area contributed by atoms with Crippen molar-refractivity contribution >= 4 is 12.9 Å². The van der Waals surface area contributed by atoms with E-state index in [0.717, 1.165) is 43.6 Å². The molecule has 1 heterocycles. The molecule has 2 heteroatoms. The molecule has 1 atom stereocenters. The van der Waals surface area contributed by atoms with Crippen LogP contribution in [0.4, 0.5) is 0 Å². The van der Waals surface area contributed by atoms with Gasteiger partial charge in [0, 0.05) is 5.70 Å². The molecule has 25 heavy (non-hydrogen) atoms. The first-order valence-electron chi connectivity index (χ1n) is 9.82. The minimum atomic E-state index is 0.408. The second kappa shape index (κ2) is 8.12. The summed E-state index contributed by atoms with van der Waals surface area (Å²) in [4.78, 5) is 0. The van der Waals surface area contributed by atoms with Gasteiger partial charge in [0.05, 0.1) is 0 Å². The van der Waals surface area contributed by atoms with E-state index in [4.69, 9.17) is 0 Å².